The molecule has 0 aliphatic carbocycles. The lowest BCUT2D eigenvalue weighted by Gasteiger charge is -2.12. The predicted molar refractivity (Wildman–Crippen MR) is 232 cm³/mol. The van der Waals surface area contributed by atoms with E-state index in [0.29, 0.717) is 5.95 Å². The highest BCUT2D eigenvalue weighted by molar-refractivity contribution is 6.13. The third-order valence-corrected chi connectivity index (χ3v) is 11.2. The molecule has 0 spiro atoms. The van der Waals surface area contributed by atoms with Crippen molar-refractivity contribution in [2.75, 3.05) is 0 Å². The molecule has 5 heterocycles. The molecule has 266 valence electrons. The molecule has 0 saturated carbocycles. The number of para-hydroxylation sites is 2. The highest BCUT2D eigenvalue weighted by Gasteiger charge is 2.19. The van der Waals surface area contributed by atoms with E-state index in [4.69, 9.17) is 14.4 Å². The van der Waals surface area contributed by atoms with Crippen LogP contribution in [0, 0.1) is 0 Å². The van der Waals surface area contributed by atoms with Crippen molar-refractivity contribution < 1.29 is 4.42 Å². The Bertz CT molecular complexity index is 3470. The number of pyridine rings is 1. The number of hydrogen-bond donors (Lipinski definition) is 0. The van der Waals surface area contributed by atoms with Crippen LogP contribution in [0.15, 0.2) is 193 Å². The number of nitrogens with zero attached hydrogens (tertiary/aromatic N) is 5. The van der Waals surface area contributed by atoms with Gasteiger partial charge in [0.05, 0.1) is 33.5 Å². The van der Waals surface area contributed by atoms with E-state index in [2.05, 4.69) is 172 Å². The standard InChI is InChI=1S/C51H31N5O/c1-3-12-32(13-4-1)42-31-43(33-14-5-2-6-15-33)54-51(53-42)56-45-19-10-8-17-38(45)40-29-35(22-25-47(40)56)34-21-24-46-39(28-34)37-16-7-9-18-44(37)55(46)36-23-26-48-41(30-36)50-49(57-48)20-11-27-52-50/h1-31H. The minimum atomic E-state index is 0.640. The monoisotopic (exact) mass is 729 g/mol. The first-order chi connectivity index (χ1) is 28.2. The smallest absolute Gasteiger partial charge is 0.235 e. The predicted octanol–water partition coefficient (Wildman–Crippen LogP) is 13.0. The van der Waals surface area contributed by atoms with Gasteiger partial charge in [-0.1, -0.05) is 109 Å². The fraction of sp³-hybridized carbons (Fsp3) is 0. The third-order valence-electron chi connectivity index (χ3n) is 11.2. The van der Waals surface area contributed by atoms with Gasteiger partial charge in [-0.25, -0.2) is 9.97 Å². The topological polar surface area (TPSA) is 61.7 Å². The van der Waals surface area contributed by atoms with E-state index in [1.54, 1.807) is 0 Å². The summed E-state index contributed by atoms with van der Waals surface area (Å²) < 4.78 is 10.7. The second-order valence-electron chi connectivity index (χ2n) is 14.5. The van der Waals surface area contributed by atoms with Crippen molar-refractivity contribution in [3.05, 3.63) is 188 Å². The van der Waals surface area contributed by atoms with Crippen molar-refractivity contribution in [2.45, 2.75) is 0 Å². The van der Waals surface area contributed by atoms with Crippen molar-refractivity contribution in [3.8, 4) is 45.3 Å². The second-order valence-corrected chi connectivity index (χ2v) is 14.5. The molecular formula is C51H31N5O. The molecule has 0 amide bonds. The first kappa shape index (κ1) is 31.5. The van der Waals surface area contributed by atoms with Crippen molar-refractivity contribution in [2.24, 2.45) is 0 Å². The molecule has 57 heavy (non-hydrogen) atoms. The molecule has 12 aromatic rings. The van der Waals surface area contributed by atoms with Gasteiger partial charge in [-0.2, -0.15) is 0 Å². The highest BCUT2D eigenvalue weighted by Crippen LogP contribution is 2.39. The van der Waals surface area contributed by atoms with E-state index < -0.39 is 0 Å². The van der Waals surface area contributed by atoms with Crippen LogP contribution in [0.1, 0.15) is 0 Å². The van der Waals surface area contributed by atoms with Gasteiger partial charge in [0.25, 0.3) is 0 Å². The Labute approximate surface area is 326 Å². The second kappa shape index (κ2) is 12.3. The Morgan fingerprint density at radius 1 is 0.368 bits per heavy atom. The molecule has 0 aliphatic rings. The maximum atomic E-state index is 6.12. The lowest BCUT2D eigenvalue weighted by molar-refractivity contribution is 0.668. The van der Waals surface area contributed by atoms with Gasteiger partial charge in [-0.05, 0) is 83.9 Å². The highest BCUT2D eigenvalue weighted by atomic mass is 16.3. The molecule has 12 rings (SSSR count). The van der Waals surface area contributed by atoms with Crippen LogP contribution in [-0.2, 0) is 0 Å². The van der Waals surface area contributed by atoms with Gasteiger partial charge in [-0.3, -0.25) is 9.55 Å². The molecular weight excluding hydrogens is 699 g/mol. The van der Waals surface area contributed by atoms with E-state index in [1.807, 2.05) is 30.5 Å². The largest absolute Gasteiger partial charge is 0.454 e. The maximum absolute atomic E-state index is 6.12. The Hall–Kier alpha value is -7.83. The quantitative estimate of drug-likeness (QED) is 0.177. The summed E-state index contributed by atoms with van der Waals surface area (Å²) in [5.74, 6) is 0.640. The summed E-state index contributed by atoms with van der Waals surface area (Å²) in [5.41, 5.74) is 14.1. The first-order valence-electron chi connectivity index (χ1n) is 19.1. The first-order valence-corrected chi connectivity index (χ1v) is 19.1. The van der Waals surface area contributed by atoms with Crippen LogP contribution in [0.5, 0.6) is 0 Å². The van der Waals surface area contributed by atoms with Gasteiger partial charge < -0.3 is 8.98 Å². The van der Waals surface area contributed by atoms with E-state index >= 15 is 0 Å². The number of rotatable bonds is 5. The van der Waals surface area contributed by atoms with Crippen LogP contribution in [0.2, 0.25) is 0 Å². The summed E-state index contributed by atoms with van der Waals surface area (Å²) in [6.45, 7) is 0. The summed E-state index contributed by atoms with van der Waals surface area (Å²) in [6, 6.07) is 63.8. The zero-order valence-electron chi connectivity index (χ0n) is 30.5. The summed E-state index contributed by atoms with van der Waals surface area (Å²) in [5, 5.41) is 5.70. The average Bonchev–Trinajstić information content (AvgIpc) is 3.94. The van der Waals surface area contributed by atoms with E-state index in [9.17, 15) is 0 Å². The molecule has 0 aliphatic heterocycles. The van der Waals surface area contributed by atoms with Gasteiger partial charge in [0.15, 0.2) is 5.58 Å². The van der Waals surface area contributed by atoms with E-state index in [-0.39, 0.29) is 0 Å². The minimum absolute atomic E-state index is 0.640. The Morgan fingerprint density at radius 2 is 0.930 bits per heavy atom. The molecule has 0 radical (unpaired) electrons. The molecule has 0 saturated heterocycles. The molecule has 6 nitrogen and oxygen atoms in total. The van der Waals surface area contributed by atoms with Gasteiger partial charge >= 0.3 is 0 Å². The summed E-state index contributed by atoms with van der Waals surface area (Å²) in [7, 11) is 0. The van der Waals surface area contributed by atoms with Crippen LogP contribution >= 0.6 is 0 Å². The molecule has 0 N–H and O–H groups in total. The van der Waals surface area contributed by atoms with Crippen molar-refractivity contribution >= 4 is 65.7 Å². The molecule has 7 aromatic carbocycles. The third kappa shape index (κ3) is 4.94. The van der Waals surface area contributed by atoms with Gasteiger partial charge in [0.1, 0.15) is 11.1 Å². The number of fused-ring (bicyclic) bond motifs is 9. The number of furan rings is 1. The van der Waals surface area contributed by atoms with Crippen molar-refractivity contribution in [3.63, 3.8) is 0 Å². The number of benzene rings is 7. The van der Waals surface area contributed by atoms with E-state index in [1.165, 1.54) is 10.8 Å². The molecule has 5 aromatic heterocycles. The zero-order valence-corrected chi connectivity index (χ0v) is 30.5. The van der Waals surface area contributed by atoms with Crippen molar-refractivity contribution in [1.82, 2.24) is 24.1 Å². The van der Waals surface area contributed by atoms with Gasteiger partial charge in [0.2, 0.25) is 5.95 Å². The van der Waals surface area contributed by atoms with Crippen LogP contribution in [0.25, 0.3) is 111 Å². The Kier molecular flexibility index (Phi) is 6.83. The maximum Gasteiger partial charge on any atom is 0.235 e. The average molecular weight is 730 g/mol. The number of hydrogen-bond acceptors (Lipinski definition) is 4. The molecule has 0 unspecified atom stereocenters. The van der Waals surface area contributed by atoms with Crippen LogP contribution < -0.4 is 0 Å². The van der Waals surface area contributed by atoms with E-state index in [0.717, 1.165) is 94.2 Å². The fourth-order valence-corrected chi connectivity index (χ4v) is 8.57. The van der Waals surface area contributed by atoms with Crippen LogP contribution in [0.4, 0.5) is 0 Å². The summed E-state index contributed by atoms with van der Waals surface area (Å²) in [6.07, 6.45) is 1.82. The normalized spacial score (nSPS) is 11.9. The van der Waals surface area contributed by atoms with Gasteiger partial charge in [-0.15, -0.1) is 0 Å². The lowest BCUT2D eigenvalue weighted by atomic mass is 10.0. The van der Waals surface area contributed by atoms with Crippen LogP contribution in [0.3, 0.4) is 0 Å². The van der Waals surface area contributed by atoms with Crippen molar-refractivity contribution in [1.29, 1.82) is 0 Å². The molecule has 6 heteroatoms. The molecule has 0 bridgehead atoms. The zero-order chi connectivity index (χ0) is 37.5. The van der Waals surface area contributed by atoms with Gasteiger partial charge in [0, 0.05) is 49.9 Å². The lowest BCUT2D eigenvalue weighted by Crippen LogP contribution is -2.03. The summed E-state index contributed by atoms with van der Waals surface area (Å²) >= 11 is 0. The number of aromatic nitrogens is 5. The SMILES string of the molecule is c1ccc(-c2cc(-c3ccccc3)nc(-n3c4ccccc4c4cc(-c5ccc6c(c5)c5ccccc5n6-c5ccc6oc7cccnc7c6c5)ccc43)n2)cc1. The van der Waals surface area contributed by atoms with Crippen LogP contribution in [-0.4, -0.2) is 24.1 Å². The Balaban J connectivity index is 1.03. The molecule has 0 atom stereocenters. The Morgan fingerprint density at radius 3 is 1.58 bits per heavy atom. The fourth-order valence-electron chi connectivity index (χ4n) is 8.57. The summed E-state index contributed by atoms with van der Waals surface area (Å²) in [4.78, 5) is 15.1. The molecule has 0 fully saturated rings. The minimum Gasteiger partial charge on any atom is -0.454 e.